The van der Waals surface area contributed by atoms with Crippen molar-refractivity contribution >= 4 is 38.6 Å². The molecule has 2 spiro atoms. The van der Waals surface area contributed by atoms with Crippen LogP contribution in [0.25, 0.3) is 66.1 Å². The summed E-state index contributed by atoms with van der Waals surface area (Å²) in [5.41, 5.74) is 18.1. The van der Waals surface area contributed by atoms with Crippen LogP contribution >= 0.6 is 0 Å². The van der Waals surface area contributed by atoms with Gasteiger partial charge in [-0.1, -0.05) is 164 Å². The standard InChI is InChI=1S/C59H43N/c1-2-13-39(14-3-1)47-20-10-16-40-17-11-21-51(57(40)47)50-19-7-9-23-54(50)60(46-30-26-37-12-4-5-15-41(37)32-46)45-28-24-38(25-29-45)42-27-31-49-48-18-6-8-22-52(48)59(53(49)33-42)55-35-43-34-44-36-56(59)58(43,44)55/h1-33,43-44,55-56H,34-36H2. The van der Waals surface area contributed by atoms with Gasteiger partial charge in [0.1, 0.15) is 0 Å². The molecule has 0 saturated heterocycles. The zero-order valence-electron chi connectivity index (χ0n) is 33.4. The van der Waals surface area contributed by atoms with Gasteiger partial charge in [-0.2, -0.15) is 0 Å². The summed E-state index contributed by atoms with van der Waals surface area (Å²) in [7, 11) is 0. The van der Waals surface area contributed by atoms with Crippen molar-refractivity contribution in [1.82, 2.24) is 0 Å². The minimum atomic E-state index is 0.216. The van der Waals surface area contributed by atoms with Gasteiger partial charge in [-0.25, -0.2) is 0 Å². The molecular weight excluding hydrogens is 723 g/mol. The van der Waals surface area contributed by atoms with Crippen molar-refractivity contribution in [2.45, 2.75) is 24.7 Å². The van der Waals surface area contributed by atoms with Gasteiger partial charge in [0.05, 0.1) is 5.69 Å². The third-order valence-electron chi connectivity index (χ3n) is 16.3. The predicted molar refractivity (Wildman–Crippen MR) is 249 cm³/mol. The number of hydrogen-bond donors (Lipinski definition) is 0. The van der Waals surface area contributed by atoms with Crippen LogP contribution < -0.4 is 4.90 Å². The molecule has 0 heterocycles. The van der Waals surface area contributed by atoms with Crippen LogP contribution in [-0.4, -0.2) is 0 Å². The topological polar surface area (TPSA) is 3.24 Å². The maximum absolute atomic E-state index is 2.61. The second-order valence-electron chi connectivity index (χ2n) is 18.4. The van der Waals surface area contributed by atoms with Crippen molar-refractivity contribution in [3.63, 3.8) is 0 Å². The van der Waals surface area contributed by atoms with E-state index in [2.05, 4.69) is 205 Å². The third kappa shape index (κ3) is 4.08. The Morgan fingerprint density at radius 3 is 1.78 bits per heavy atom. The zero-order chi connectivity index (χ0) is 39.2. The quantitative estimate of drug-likeness (QED) is 0.163. The molecule has 5 aliphatic rings. The van der Waals surface area contributed by atoms with Gasteiger partial charge in [-0.05, 0) is 156 Å². The van der Waals surface area contributed by atoms with E-state index in [-0.39, 0.29) is 5.41 Å². The van der Waals surface area contributed by atoms with Gasteiger partial charge < -0.3 is 4.90 Å². The van der Waals surface area contributed by atoms with E-state index in [4.69, 9.17) is 0 Å². The first-order valence-electron chi connectivity index (χ1n) is 22.0. The monoisotopic (exact) mass is 765 g/mol. The lowest BCUT2D eigenvalue weighted by Gasteiger charge is -2.92. The summed E-state index contributed by atoms with van der Waals surface area (Å²) < 4.78 is 0. The summed E-state index contributed by atoms with van der Waals surface area (Å²) in [4.78, 5) is 2.47. The van der Waals surface area contributed by atoms with Crippen LogP contribution in [-0.2, 0) is 5.41 Å². The number of hydrogen-bond acceptors (Lipinski definition) is 1. The summed E-state index contributed by atoms with van der Waals surface area (Å²) in [6.07, 6.45) is 4.36. The van der Waals surface area contributed by atoms with Gasteiger partial charge >= 0.3 is 0 Å². The molecular formula is C59H43N. The van der Waals surface area contributed by atoms with Crippen molar-refractivity contribution in [3.8, 4) is 44.5 Å². The van der Waals surface area contributed by atoms with Crippen LogP contribution in [0.1, 0.15) is 30.4 Å². The molecule has 4 saturated carbocycles. The van der Waals surface area contributed by atoms with Gasteiger partial charge in [0.25, 0.3) is 0 Å². The van der Waals surface area contributed by atoms with Gasteiger partial charge in [-0.3, -0.25) is 0 Å². The molecule has 0 N–H and O–H groups in total. The molecule has 0 amide bonds. The highest BCUT2D eigenvalue weighted by molar-refractivity contribution is 6.09. The lowest BCUT2D eigenvalue weighted by Crippen LogP contribution is -2.88. The molecule has 4 unspecified atom stereocenters. The van der Waals surface area contributed by atoms with Gasteiger partial charge in [0.2, 0.25) is 0 Å². The van der Waals surface area contributed by atoms with Gasteiger partial charge in [0.15, 0.2) is 0 Å². The average Bonchev–Trinajstić information content (AvgIpc) is 3.58. The minimum absolute atomic E-state index is 0.216. The molecule has 1 nitrogen and oxygen atoms in total. The van der Waals surface area contributed by atoms with E-state index in [1.54, 1.807) is 11.1 Å². The molecule has 0 radical (unpaired) electrons. The number of benzene rings is 9. The van der Waals surface area contributed by atoms with Crippen LogP contribution in [0.15, 0.2) is 200 Å². The highest BCUT2D eigenvalue weighted by Crippen LogP contribution is 2.94. The summed E-state index contributed by atoms with van der Waals surface area (Å²) in [6, 6.07) is 75.1. The molecule has 284 valence electrons. The lowest BCUT2D eigenvalue weighted by atomic mass is 9.11. The summed E-state index contributed by atoms with van der Waals surface area (Å²) in [6.45, 7) is 0. The minimum Gasteiger partial charge on any atom is -0.310 e. The van der Waals surface area contributed by atoms with Crippen molar-refractivity contribution in [2.75, 3.05) is 4.90 Å². The largest absolute Gasteiger partial charge is 0.310 e. The predicted octanol–water partition coefficient (Wildman–Crippen LogP) is 15.4. The Bertz CT molecular complexity index is 3200. The van der Waals surface area contributed by atoms with Gasteiger partial charge in [-0.15, -0.1) is 0 Å². The Morgan fingerprint density at radius 2 is 0.983 bits per heavy atom. The molecule has 9 aromatic carbocycles. The Hall–Kier alpha value is -6.70. The number of fused-ring (bicyclic) bond motifs is 9. The third-order valence-corrected chi connectivity index (χ3v) is 16.3. The Balaban J connectivity index is 0.909. The van der Waals surface area contributed by atoms with Crippen molar-refractivity contribution < 1.29 is 0 Å². The molecule has 5 aliphatic carbocycles. The smallest absolute Gasteiger partial charge is 0.0540 e. The zero-order valence-corrected chi connectivity index (χ0v) is 33.4. The second kappa shape index (κ2) is 12.0. The number of nitrogens with zero attached hydrogens (tertiary/aromatic N) is 1. The van der Waals surface area contributed by atoms with Gasteiger partial charge in [0, 0.05) is 22.4 Å². The first kappa shape index (κ1) is 33.2. The maximum Gasteiger partial charge on any atom is 0.0540 e. The van der Waals surface area contributed by atoms with Crippen molar-refractivity contribution in [1.29, 1.82) is 0 Å². The normalized spacial score (nSPS) is 24.6. The number of para-hydroxylation sites is 1. The SMILES string of the molecule is c1ccc(-c2cccc3cccc(-c4ccccc4N(c4ccc(-c5ccc6c(c5)C5(c7ccccc7-6)C6CC7CC8CC5C786)cc4)c4ccc5ccccc5c4)c23)cc1. The van der Waals surface area contributed by atoms with Crippen molar-refractivity contribution in [2.24, 2.45) is 29.1 Å². The second-order valence-corrected chi connectivity index (χ2v) is 18.4. The fourth-order valence-corrected chi connectivity index (χ4v) is 14.0. The van der Waals surface area contributed by atoms with E-state index in [1.165, 1.54) is 85.3 Å². The molecule has 0 bridgehead atoms. The van der Waals surface area contributed by atoms with Crippen LogP contribution in [0.4, 0.5) is 17.1 Å². The van der Waals surface area contributed by atoms with Crippen molar-refractivity contribution in [3.05, 3.63) is 211 Å². The lowest BCUT2D eigenvalue weighted by molar-refractivity contribution is -0.412. The first-order chi connectivity index (χ1) is 29.7. The highest BCUT2D eigenvalue weighted by atomic mass is 15.1. The van der Waals surface area contributed by atoms with Crippen LogP contribution in [0.2, 0.25) is 0 Å². The molecule has 4 fully saturated rings. The van der Waals surface area contributed by atoms with E-state index in [0.717, 1.165) is 40.7 Å². The fourth-order valence-electron chi connectivity index (χ4n) is 14.0. The van der Waals surface area contributed by atoms with E-state index >= 15 is 0 Å². The summed E-state index contributed by atoms with van der Waals surface area (Å²) in [5, 5.41) is 4.98. The molecule has 1 heteroatoms. The highest BCUT2D eigenvalue weighted by Gasteiger charge is 2.90. The van der Waals surface area contributed by atoms with E-state index < -0.39 is 0 Å². The maximum atomic E-state index is 2.61. The summed E-state index contributed by atoms with van der Waals surface area (Å²) >= 11 is 0. The number of anilines is 3. The molecule has 0 aromatic heterocycles. The Morgan fingerprint density at radius 1 is 0.367 bits per heavy atom. The fraction of sp³-hybridized carbons (Fsp3) is 0.153. The molecule has 60 heavy (non-hydrogen) atoms. The Kier molecular flexibility index (Phi) is 6.61. The van der Waals surface area contributed by atoms with E-state index in [9.17, 15) is 0 Å². The van der Waals surface area contributed by atoms with E-state index in [1.807, 2.05) is 0 Å². The van der Waals surface area contributed by atoms with Crippen LogP contribution in [0.5, 0.6) is 0 Å². The average molecular weight is 766 g/mol. The molecule has 4 atom stereocenters. The van der Waals surface area contributed by atoms with Crippen LogP contribution in [0, 0.1) is 29.1 Å². The van der Waals surface area contributed by atoms with E-state index in [0.29, 0.717) is 5.41 Å². The molecule has 14 rings (SSSR count). The summed E-state index contributed by atoms with van der Waals surface area (Å²) in [5.74, 6) is 3.67. The Labute approximate surface area is 351 Å². The first-order valence-corrected chi connectivity index (χ1v) is 22.0. The molecule has 0 aliphatic heterocycles. The number of rotatable bonds is 6. The van der Waals surface area contributed by atoms with Crippen LogP contribution in [0.3, 0.4) is 0 Å². The molecule has 9 aromatic rings.